The summed E-state index contributed by atoms with van der Waals surface area (Å²) in [5.74, 6) is 0.134. The number of carbonyl (C=O) groups is 1. The molecular formula is C21H23N3O4. The number of nitrogens with zero attached hydrogens (tertiary/aromatic N) is 2. The summed E-state index contributed by atoms with van der Waals surface area (Å²) in [6.45, 7) is 3.54. The number of benzene rings is 2. The summed E-state index contributed by atoms with van der Waals surface area (Å²) in [7, 11) is 1.60. The first-order valence-electron chi connectivity index (χ1n) is 8.92. The number of carbonyl (C=O) groups excluding carboxylic acids is 1. The zero-order valence-electron chi connectivity index (χ0n) is 16.1. The Morgan fingerprint density at radius 3 is 2.50 bits per heavy atom. The molecule has 2 aromatic carbocycles. The fraction of sp³-hybridized carbons (Fsp3) is 0.286. The van der Waals surface area contributed by atoms with Crippen LogP contribution in [0.2, 0.25) is 0 Å². The molecule has 0 aliphatic heterocycles. The summed E-state index contributed by atoms with van der Waals surface area (Å²) in [6, 6.07) is 14.5. The van der Waals surface area contributed by atoms with E-state index in [1.54, 1.807) is 43.8 Å². The monoisotopic (exact) mass is 381 g/mol. The number of fused-ring (bicyclic) bond motifs is 1. The molecule has 146 valence electrons. The van der Waals surface area contributed by atoms with Gasteiger partial charge < -0.3 is 15.2 Å². The molecule has 1 aromatic heterocycles. The van der Waals surface area contributed by atoms with E-state index in [0.717, 1.165) is 11.3 Å². The van der Waals surface area contributed by atoms with Crippen LogP contribution in [0.4, 0.5) is 0 Å². The second-order valence-electron chi connectivity index (χ2n) is 7.20. The number of hydrogen-bond donors (Lipinski definition) is 2. The van der Waals surface area contributed by atoms with Gasteiger partial charge in [0.2, 0.25) is 5.43 Å². The zero-order chi connectivity index (χ0) is 20.3. The van der Waals surface area contributed by atoms with Crippen LogP contribution in [0, 0.1) is 0 Å². The maximum absolute atomic E-state index is 12.8. The Morgan fingerprint density at radius 1 is 1.18 bits per heavy atom. The van der Waals surface area contributed by atoms with Crippen molar-refractivity contribution in [3.05, 3.63) is 70.0 Å². The van der Waals surface area contributed by atoms with Crippen LogP contribution >= 0.6 is 0 Å². The first kappa shape index (κ1) is 19.6. The second kappa shape index (κ2) is 7.82. The van der Waals surface area contributed by atoms with Gasteiger partial charge >= 0.3 is 0 Å². The Balaban J connectivity index is 2.02. The van der Waals surface area contributed by atoms with Gasteiger partial charge in [-0.2, -0.15) is 5.10 Å². The van der Waals surface area contributed by atoms with E-state index >= 15 is 0 Å². The van der Waals surface area contributed by atoms with E-state index in [1.807, 2.05) is 30.3 Å². The molecule has 1 heterocycles. The molecule has 7 heteroatoms. The molecule has 0 saturated heterocycles. The maximum Gasteiger partial charge on any atom is 0.275 e. The number of aliphatic hydroxyl groups is 1. The molecule has 0 unspecified atom stereocenters. The molecule has 0 bridgehead atoms. The highest BCUT2D eigenvalue weighted by Crippen LogP contribution is 2.15. The van der Waals surface area contributed by atoms with Gasteiger partial charge in [0.05, 0.1) is 24.8 Å². The lowest BCUT2D eigenvalue weighted by atomic mass is 10.1. The number of amides is 1. The van der Waals surface area contributed by atoms with Crippen molar-refractivity contribution in [3.63, 3.8) is 0 Å². The van der Waals surface area contributed by atoms with E-state index in [2.05, 4.69) is 10.4 Å². The van der Waals surface area contributed by atoms with Crippen molar-refractivity contribution in [2.45, 2.75) is 26.0 Å². The lowest BCUT2D eigenvalue weighted by Crippen LogP contribution is -2.40. The molecule has 7 nitrogen and oxygen atoms in total. The number of aromatic nitrogens is 2. The Labute approximate surface area is 162 Å². The van der Waals surface area contributed by atoms with Crippen molar-refractivity contribution in [1.82, 2.24) is 15.1 Å². The topological polar surface area (TPSA) is 93.5 Å². The van der Waals surface area contributed by atoms with Gasteiger partial charge in [-0.1, -0.05) is 24.3 Å². The average Bonchev–Trinajstić information content (AvgIpc) is 2.68. The molecule has 0 aliphatic rings. The number of para-hydroxylation sites is 1. The number of rotatable bonds is 6. The van der Waals surface area contributed by atoms with Crippen LogP contribution in [0.25, 0.3) is 10.9 Å². The van der Waals surface area contributed by atoms with E-state index in [-0.39, 0.29) is 12.2 Å². The third-order valence-electron chi connectivity index (χ3n) is 4.25. The lowest BCUT2D eigenvalue weighted by Gasteiger charge is -2.18. The SMILES string of the molecule is COc1ccc(Cn2nc(C(=O)NCC(C)(C)O)c(=O)c3ccccc32)cc1. The molecule has 0 atom stereocenters. The minimum Gasteiger partial charge on any atom is -0.497 e. The minimum atomic E-state index is -1.09. The van der Waals surface area contributed by atoms with Gasteiger partial charge in [-0.15, -0.1) is 0 Å². The third kappa shape index (κ3) is 4.37. The normalized spacial score (nSPS) is 11.4. The van der Waals surface area contributed by atoms with Crippen LogP contribution in [-0.2, 0) is 6.54 Å². The number of ether oxygens (including phenoxy) is 1. The van der Waals surface area contributed by atoms with E-state index in [0.29, 0.717) is 17.4 Å². The Hall–Kier alpha value is -3.19. The zero-order valence-corrected chi connectivity index (χ0v) is 16.1. The Morgan fingerprint density at radius 2 is 1.86 bits per heavy atom. The summed E-state index contributed by atoms with van der Waals surface area (Å²) in [4.78, 5) is 25.3. The van der Waals surface area contributed by atoms with Crippen LogP contribution in [0.1, 0.15) is 29.9 Å². The highest BCUT2D eigenvalue weighted by molar-refractivity contribution is 5.95. The van der Waals surface area contributed by atoms with Gasteiger partial charge in [-0.3, -0.25) is 14.3 Å². The van der Waals surface area contributed by atoms with Crippen molar-refractivity contribution in [2.75, 3.05) is 13.7 Å². The second-order valence-corrected chi connectivity index (χ2v) is 7.20. The molecule has 28 heavy (non-hydrogen) atoms. The predicted octanol–water partition coefficient (Wildman–Crippen LogP) is 1.95. The van der Waals surface area contributed by atoms with Crippen LogP contribution in [0.3, 0.4) is 0 Å². The van der Waals surface area contributed by atoms with Crippen LogP contribution in [0.5, 0.6) is 5.75 Å². The van der Waals surface area contributed by atoms with Gasteiger partial charge in [-0.05, 0) is 43.7 Å². The van der Waals surface area contributed by atoms with Crippen molar-refractivity contribution < 1.29 is 14.6 Å². The third-order valence-corrected chi connectivity index (χ3v) is 4.25. The van der Waals surface area contributed by atoms with E-state index < -0.39 is 16.9 Å². The average molecular weight is 381 g/mol. The van der Waals surface area contributed by atoms with E-state index in [4.69, 9.17) is 4.74 Å². The summed E-state index contributed by atoms with van der Waals surface area (Å²) in [5, 5.41) is 17.1. The highest BCUT2D eigenvalue weighted by Gasteiger charge is 2.20. The molecule has 3 rings (SSSR count). The smallest absolute Gasteiger partial charge is 0.275 e. The van der Waals surface area contributed by atoms with Crippen LogP contribution < -0.4 is 15.5 Å². The van der Waals surface area contributed by atoms with Crippen LogP contribution in [0.15, 0.2) is 53.3 Å². The summed E-state index contributed by atoms with van der Waals surface area (Å²) < 4.78 is 6.81. The largest absolute Gasteiger partial charge is 0.497 e. The van der Waals surface area contributed by atoms with E-state index in [9.17, 15) is 14.7 Å². The van der Waals surface area contributed by atoms with E-state index in [1.165, 1.54) is 0 Å². The summed E-state index contributed by atoms with van der Waals surface area (Å²) >= 11 is 0. The van der Waals surface area contributed by atoms with Gasteiger partial charge in [0.15, 0.2) is 5.69 Å². The molecule has 0 fully saturated rings. The fourth-order valence-corrected chi connectivity index (χ4v) is 2.79. The number of methoxy groups -OCH3 is 1. The van der Waals surface area contributed by atoms with Gasteiger partial charge in [0.25, 0.3) is 5.91 Å². The molecule has 3 aromatic rings. The van der Waals surface area contributed by atoms with Crippen molar-refractivity contribution in [2.24, 2.45) is 0 Å². The predicted molar refractivity (Wildman–Crippen MR) is 107 cm³/mol. The first-order chi connectivity index (χ1) is 13.3. The molecule has 0 aliphatic carbocycles. The van der Waals surface area contributed by atoms with Gasteiger partial charge in [-0.25, -0.2) is 0 Å². The molecular weight excluding hydrogens is 358 g/mol. The number of hydrogen-bond acceptors (Lipinski definition) is 5. The summed E-state index contributed by atoms with van der Waals surface area (Å²) in [5.41, 5.74) is -0.132. The van der Waals surface area contributed by atoms with Gasteiger partial charge in [0.1, 0.15) is 5.75 Å². The molecule has 1 amide bonds. The van der Waals surface area contributed by atoms with Crippen molar-refractivity contribution in [3.8, 4) is 5.75 Å². The molecule has 0 radical (unpaired) electrons. The maximum atomic E-state index is 12.8. The molecule has 2 N–H and O–H groups in total. The minimum absolute atomic E-state index is 0.0122. The highest BCUT2D eigenvalue weighted by atomic mass is 16.5. The lowest BCUT2D eigenvalue weighted by molar-refractivity contribution is 0.0690. The first-order valence-corrected chi connectivity index (χ1v) is 8.92. The summed E-state index contributed by atoms with van der Waals surface area (Å²) in [6.07, 6.45) is 0. The van der Waals surface area contributed by atoms with Crippen LogP contribution in [-0.4, -0.2) is 40.0 Å². The van der Waals surface area contributed by atoms with Gasteiger partial charge in [0, 0.05) is 11.9 Å². The van der Waals surface area contributed by atoms with Crippen molar-refractivity contribution in [1.29, 1.82) is 0 Å². The quantitative estimate of drug-likeness (QED) is 0.681. The fourth-order valence-electron chi connectivity index (χ4n) is 2.79. The number of nitrogens with one attached hydrogen (secondary N) is 1. The Bertz CT molecular complexity index is 1050. The molecule has 0 spiro atoms. The molecule has 0 saturated carbocycles. The van der Waals surface area contributed by atoms with Crippen molar-refractivity contribution >= 4 is 16.8 Å². The standard InChI is InChI=1S/C21H23N3O4/c1-21(2,27)13-22-20(26)18-19(25)16-6-4-5-7-17(16)24(23-18)12-14-8-10-15(28-3)11-9-14/h4-11,27H,12-13H2,1-3H3,(H,22,26). The Kier molecular flexibility index (Phi) is 5.46.